The third-order valence-electron chi connectivity index (χ3n) is 3.04. The SMILES string of the molecule is Cc1cnn(-c2nccc(CNC3CC3)c2F)c1. The molecule has 3 rings (SSSR count). The first-order chi connectivity index (χ1) is 8.74. The molecule has 1 aliphatic rings. The summed E-state index contributed by atoms with van der Waals surface area (Å²) in [6.45, 7) is 2.46. The summed E-state index contributed by atoms with van der Waals surface area (Å²) in [6.07, 6.45) is 7.47. The standard InChI is InChI=1S/C13H15FN4/c1-9-6-17-18(8-9)13-12(14)10(4-5-15-13)7-16-11-2-3-11/h4-6,8,11,16H,2-3,7H2,1H3. The van der Waals surface area contributed by atoms with E-state index >= 15 is 0 Å². The summed E-state index contributed by atoms with van der Waals surface area (Å²) in [5.74, 6) is -0.0352. The Morgan fingerprint density at radius 1 is 1.50 bits per heavy atom. The van der Waals surface area contributed by atoms with Crippen molar-refractivity contribution < 1.29 is 4.39 Å². The Hall–Kier alpha value is -1.75. The predicted molar refractivity (Wildman–Crippen MR) is 65.9 cm³/mol. The van der Waals surface area contributed by atoms with Crippen molar-refractivity contribution in [1.29, 1.82) is 0 Å². The van der Waals surface area contributed by atoms with Crippen LogP contribution in [0.15, 0.2) is 24.7 Å². The summed E-state index contributed by atoms with van der Waals surface area (Å²) in [6, 6.07) is 2.28. The van der Waals surface area contributed by atoms with E-state index in [1.807, 2.05) is 6.92 Å². The third kappa shape index (κ3) is 2.26. The maximum absolute atomic E-state index is 14.3. The zero-order valence-electron chi connectivity index (χ0n) is 10.2. The lowest BCUT2D eigenvalue weighted by Crippen LogP contribution is -2.17. The van der Waals surface area contributed by atoms with Crippen LogP contribution >= 0.6 is 0 Å². The van der Waals surface area contributed by atoms with E-state index in [1.165, 1.54) is 17.5 Å². The molecule has 0 amide bonds. The van der Waals surface area contributed by atoms with Gasteiger partial charge in [0.1, 0.15) is 0 Å². The second-order valence-electron chi connectivity index (χ2n) is 4.73. The number of rotatable bonds is 4. The van der Waals surface area contributed by atoms with Gasteiger partial charge in [0, 0.05) is 30.5 Å². The number of hydrogen-bond acceptors (Lipinski definition) is 3. The molecule has 0 radical (unpaired) electrons. The fourth-order valence-corrected chi connectivity index (χ4v) is 1.84. The summed E-state index contributed by atoms with van der Waals surface area (Å²) < 4.78 is 15.8. The van der Waals surface area contributed by atoms with Crippen LogP contribution in [0.5, 0.6) is 0 Å². The molecule has 2 heterocycles. The van der Waals surface area contributed by atoms with Crippen LogP contribution in [-0.4, -0.2) is 20.8 Å². The van der Waals surface area contributed by atoms with Crippen LogP contribution in [0.1, 0.15) is 24.0 Å². The van der Waals surface area contributed by atoms with Gasteiger partial charge in [-0.2, -0.15) is 5.10 Å². The molecule has 4 nitrogen and oxygen atoms in total. The molecule has 5 heteroatoms. The summed E-state index contributed by atoms with van der Waals surface area (Å²) >= 11 is 0. The van der Waals surface area contributed by atoms with Crippen molar-refractivity contribution in [1.82, 2.24) is 20.1 Å². The van der Waals surface area contributed by atoms with Gasteiger partial charge < -0.3 is 5.32 Å². The highest BCUT2D eigenvalue weighted by molar-refractivity contribution is 5.30. The molecule has 0 bridgehead atoms. The maximum atomic E-state index is 14.3. The minimum Gasteiger partial charge on any atom is -0.310 e. The Morgan fingerprint density at radius 2 is 2.33 bits per heavy atom. The van der Waals surface area contributed by atoms with Gasteiger partial charge in [0.15, 0.2) is 11.6 Å². The molecule has 2 aromatic rings. The fraction of sp³-hybridized carbons (Fsp3) is 0.385. The van der Waals surface area contributed by atoms with Crippen molar-refractivity contribution in [2.24, 2.45) is 0 Å². The van der Waals surface area contributed by atoms with Gasteiger partial charge >= 0.3 is 0 Å². The van der Waals surface area contributed by atoms with Gasteiger partial charge in [-0.1, -0.05) is 0 Å². The normalized spacial score (nSPS) is 15.0. The molecular formula is C13H15FN4. The maximum Gasteiger partial charge on any atom is 0.190 e. The van der Waals surface area contributed by atoms with E-state index in [1.54, 1.807) is 24.7 Å². The molecule has 0 saturated heterocycles. The van der Waals surface area contributed by atoms with E-state index in [4.69, 9.17) is 0 Å². The second-order valence-corrected chi connectivity index (χ2v) is 4.73. The molecule has 0 aliphatic heterocycles. The van der Waals surface area contributed by atoms with Gasteiger partial charge in [0.2, 0.25) is 0 Å². The van der Waals surface area contributed by atoms with Crippen LogP contribution in [0.25, 0.3) is 5.82 Å². The monoisotopic (exact) mass is 246 g/mol. The average Bonchev–Trinajstić information content (AvgIpc) is 3.09. The predicted octanol–water partition coefficient (Wildman–Crippen LogP) is 1.97. The van der Waals surface area contributed by atoms with Crippen LogP contribution in [0.2, 0.25) is 0 Å². The molecule has 1 N–H and O–H groups in total. The van der Waals surface area contributed by atoms with Crippen molar-refractivity contribution in [3.8, 4) is 5.82 Å². The lowest BCUT2D eigenvalue weighted by molar-refractivity contribution is 0.567. The first kappa shape index (κ1) is 11.3. The Bertz CT molecular complexity index is 560. The van der Waals surface area contributed by atoms with Gasteiger partial charge in [-0.05, 0) is 31.4 Å². The zero-order valence-corrected chi connectivity index (χ0v) is 10.2. The van der Waals surface area contributed by atoms with Crippen LogP contribution in [0, 0.1) is 12.7 Å². The fourth-order valence-electron chi connectivity index (χ4n) is 1.84. The minimum atomic E-state index is -0.297. The Kier molecular flexibility index (Phi) is 2.83. The molecule has 0 unspecified atom stereocenters. The Labute approximate surface area is 105 Å². The van der Waals surface area contributed by atoms with Crippen LogP contribution in [0.3, 0.4) is 0 Å². The topological polar surface area (TPSA) is 42.7 Å². The number of hydrogen-bond donors (Lipinski definition) is 1. The van der Waals surface area contributed by atoms with Crippen LogP contribution in [-0.2, 0) is 6.54 Å². The van der Waals surface area contributed by atoms with Gasteiger partial charge in [-0.15, -0.1) is 0 Å². The van der Waals surface area contributed by atoms with E-state index in [0.29, 0.717) is 18.2 Å². The van der Waals surface area contributed by atoms with Crippen molar-refractivity contribution in [2.45, 2.75) is 32.4 Å². The van der Waals surface area contributed by atoms with Crippen molar-refractivity contribution in [2.75, 3.05) is 0 Å². The smallest absolute Gasteiger partial charge is 0.190 e. The highest BCUT2D eigenvalue weighted by Crippen LogP contribution is 2.20. The molecule has 1 aliphatic carbocycles. The van der Waals surface area contributed by atoms with Crippen molar-refractivity contribution >= 4 is 0 Å². The highest BCUT2D eigenvalue weighted by atomic mass is 19.1. The summed E-state index contributed by atoms with van der Waals surface area (Å²) in [7, 11) is 0. The summed E-state index contributed by atoms with van der Waals surface area (Å²) in [4.78, 5) is 4.06. The minimum absolute atomic E-state index is 0.262. The summed E-state index contributed by atoms with van der Waals surface area (Å²) in [5.41, 5.74) is 1.62. The third-order valence-corrected chi connectivity index (χ3v) is 3.04. The second kappa shape index (κ2) is 4.49. The van der Waals surface area contributed by atoms with Gasteiger partial charge in [0.05, 0.1) is 6.20 Å². The molecule has 2 aromatic heterocycles. The Balaban J connectivity index is 1.87. The molecule has 1 fully saturated rings. The molecular weight excluding hydrogens is 231 g/mol. The number of aryl methyl sites for hydroxylation is 1. The van der Waals surface area contributed by atoms with Crippen LogP contribution in [0.4, 0.5) is 4.39 Å². The van der Waals surface area contributed by atoms with E-state index in [-0.39, 0.29) is 11.6 Å². The quantitative estimate of drug-likeness (QED) is 0.896. The first-order valence-electron chi connectivity index (χ1n) is 6.12. The number of nitrogens with zero attached hydrogens (tertiary/aromatic N) is 3. The molecule has 94 valence electrons. The molecule has 0 spiro atoms. The number of aromatic nitrogens is 3. The average molecular weight is 246 g/mol. The van der Waals surface area contributed by atoms with Gasteiger partial charge in [0.25, 0.3) is 0 Å². The van der Waals surface area contributed by atoms with E-state index < -0.39 is 0 Å². The lowest BCUT2D eigenvalue weighted by atomic mass is 10.2. The van der Waals surface area contributed by atoms with E-state index in [0.717, 1.165) is 5.56 Å². The molecule has 18 heavy (non-hydrogen) atoms. The number of halogens is 1. The van der Waals surface area contributed by atoms with Crippen LogP contribution < -0.4 is 5.32 Å². The number of nitrogens with one attached hydrogen (secondary N) is 1. The largest absolute Gasteiger partial charge is 0.310 e. The van der Waals surface area contributed by atoms with Gasteiger partial charge in [-0.3, -0.25) is 0 Å². The Morgan fingerprint density at radius 3 is 3.00 bits per heavy atom. The molecule has 0 atom stereocenters. The zero-order chi connectivity index (χ0) is 12.5. The molecule has 0 aromatic carbocycles. The first-order valence-corrected chi connectivity index (χ1v) is 6.12. The molecule has 1 saturated carbocycles. The summed E-state index contributed by atoms with van der Waals surface area (Å²) in [5, 5.41) is 7.39. The number of pyridine rings is 1. The van der Waals surface area contributed by atoms with Crippen molar-refractivity contribution in [3.05, 3.63) is 41.6 Å². The van der Waals surface area contributed by atoms with E-state index in [2.05, 4.69) is 15.4 Å². The lowest BCUT2D eigenvalue weighted by Gasteiger charge is -2.08. The van der Waals surface area contributed by atoms with E-state index in [9.17, 15) is 4.39 Å². The van der Waals surface area contributed by atoms with Gasteiger partial charge in [-0.25, -0.2) is 14.1 Å². The van der Waals surface area contributed by atoms with Crippen molar-refractivity contribution in [3.63, 3.8) is 0 Å². The highest BCUT2D eigenvalue weighted by Gasteiger charge is 2.21.